The van der Waals surface area contributed by atoms with Crippen LogP contribution in [0.25, 0.3) is 10.8 Å². The van der Waals surface area contributed by atoms with E-state index in [9.17, 15) is 0 Å². The average molecular weight is 285 g/mol. The van der Waals surface area contributed by atoms with Gasteiger partial charge in [-0.25, -0.2) is 0 Å². The first kappa shape index (κ1) is 14.5. The number of rotatable bonds is 4. The van der Waals surface area contributed by atoms with Gasteiger partial charge in [0, 0.05) is 13.1 Å². The van der Waals surface area contributed by atoms with Gasteiger partial charge in [0.2, 0.25) is 0 Å². The zero-order valence-electron chi connectivity index (χ0n) is 12.8. The number of morpholine rings is 1. The van der Waals surface area contributed by atoms with Crippen molar-refractivity contribution in [3.05, 3.63) is 48.0 Å². The lowest BCUT2D eigenvalue weighted by Gasteiger charge is -2.36. The summed E-state index contributed by atoms with van der Waals surface area (Å²) in [6.45, 7) is 7.22. The molecule has 1 unspecified atom stereocenters. The molecule has 0 radical (unpaired) electrons. The van der Waals surface area contributed by atoms with Crippen LogP contribution >= 0.6 is 0 Å². The minimum absolute atomic E-state index is 0.105. The molecule has 1 heterocycles. The fraction of sp³-hybridized carbons (Fsp3) is 0.444. The van der Waals surface area contributed by atoms with E-state index < -0.39 is 0 Å². The second-order valence-electron chi connectivity index (χ2n) is 6.28. The lowest BCUT2D eigenvalue weighted by atomic mass is 10.1. The summed E-state index contributed by atoms with van der Waals surface area (Å²) in [5.74, 6) is 0. The number of nitrogens with one attached hydrogen (secondary N) is 1. The summed E-state index contributed by atoms with van der Waals surface area (Å²) in [6, 6.07) is 14.8. The first-order valence-corrected chi connectivity index (χ1v) is 7.57. The topological polar surface area (TPSA) is 30.5 Å². The summed E-state index contributed by atoms with van der Waals surface area (Å²) >= 11 is 0. The number of ether oxygens (including phenoxy) is 2. The zero-order valence-corrected chi connectivity index (χ0v) is 12.8. The van der Waals surface area contributed by atoms with Gasteiger partial charge >= 0.3 is 0 Å². The van der Waals surface area contributed by atoms with Gasteiger partial charge in [-0.2, -0.15) is 0 Å². The Morgan fingerprint density at radius 1 is 1.19 bits per heavy atom. The summed E-state index contributed by atoms with van der Waals surface area (Å²) in [6.07, 6.45) is 0.128. The minimum atomic E-state index is -0.105. The standard InChI is InChI=1S/C18H23NO2/c1-18(2)13-19-10-16(21-18)12-20-11-15-8-5-7-14-6-3-4-9-17(14)15/h3-9,16,19H,10-13H2,1-2H3. The Hall–Kier alpha value is -1.42. The van der Waals surface area contributed by atoms with Gasteiger partial charge in [-0.3, -0.25) is 0 Å². The first-order valence-electron chi connectivity index (χ1n) is 7.57. The van der Waals surface area contributed by atoms with Crippen LogP contribution in [-0.2, 0) is 16.1 Å². The summed E-state index contributed by atoms with van der Waals surface area (Å²) in [5.41, 5.74) is 1.13. The van der Waals surface area contributed by atoms with Crippen LogP contribution in [0.5, 0.6) is 0 Å². The molecule has 112 valence electrons. The Kier molecular flexibility index (Phi) is 4.24. The highest BCUT2D eigenvalue weighted by molar-refractivity contribution is 5.85. The Labute approximate surface area is 126 Å². The maximum absolute atomic E-state index is 6.01. The molecule has 1 fully saturated rings. The second kappa shape index (κ2) is 6.14. The molecule has 3 rings (SSSR count). The van der Waals surface area contributed by atoms with E-state index in [0.29, 0.717) is 13.2 Å². The van der Waals surface area contributed by atoms with E-state index in [1.165, 1.54) is 16.3 Å². The minimum Gasteiger partial charge on any atom is -0.374 e. The number of hydrogen-bond donors (Lipinski definition) is 1. The summed E-state index contributed by atoms with van der Waals surface area (Å²) in [4.78, 5) is 0. The average Bonchev–Trinajstić information content (AvgIpc) is 2.46. The van der Waals surface area contributed by atoms with Gasteiger partial charge in [-0.15, -0.1) is 0 Å². The van der Waals surface area contributed by atoms with Crippen molar-refractivity contribution in [2.24, 2.45) is 0 Å². The fourth-order valence-electron chi connectivity index (χ4n) is 2.88. The quantitative estimate of drug-likeness (QED) is 0.936. The molecule has 2 aromatic carbocycles. The van der Waals surface area contributed by atoms with Crippen LogP contribution in [0.3, 0.4) is 0 Å². The Bertz CT molecular complexity index is 604. The Balaban J connectivity index is 1.60. The molecule has 0 aliphatic carbocycles. The summed E-state index contributed by atoms with van der Waals surface area (Å²) in [7, 11) is 0. The van der Waals surface area contributed by atoms with E-state index in [1.807, 2.05) is 0 Å². The monoisotopic (exact) mass is 285 g/mol. The van der Waals surface area contributed by atoms with E-state index in [2.05, 4.69) is 61.6 Å². The highest BCUT2D eigenvalue weighted by atomic mass is 16.5. The molecule has 21 heavy (non-hydrogen) atoms. The van der Waals surface area contributed by atoms with E-state index in [0.717, 1.165) is 13.1 Å². The van der Waals surface area contributed by atoms with E-state index >= 15 is 0 Å². The van der Waals surface area contributed by atoms with Crippen LogP contribution < -0.4 is 5.32 Å². The third-order valence-corrected chi connectivity index (χ3v) is 3.85. The molecule has 0 amide bonds. The van der Waals surface area contributed by atoms with E-state index in [1.54, 1.807) is 0 Å². The second-order valence-corrected chi connectivity index (χ2v) is 6.28. The van der Waals surface area contributed by atoms with Gasteiger partial charge in [-0.05, 0) is 30.2 Å². The molecule has 0 aromatic heterocycles. The fourth-order valence-corrected chi connectivity index (χ4v) is 2.88. The van der Waals surface area contributed by atoms with Crippen molar-refractivity contribution in [1.29, 1.82) is 0 Å². The molecule has 1 atom stereocenters. The van der Waals surface area contributed by atoms with Crippen molar-refractivity contribution in [1.82, 2.24) is 5.32 Å². The molecule has 2 aromatic rings. The zero-order chi connectivity index (χ0) is 14.7. The summed E-state index contributed by atoms with van der Waals surface area (Å²) < 4.78 is 11.9. The molecule has 1 aliphatic heterocycles. The highest BCUT2D eigenvalue weighted by Crippen LogP contribution is 2.20. The van der Waals surface area contributed by atoms with E-state index in [-0.39, 0.29) is 11.7 Å². The van der Waals surface area contributed by atoms with Gasteiger partial charge in [0.25, 0.3) is 0 Å². The maximum Gasteiger partial charge on any atom is 0.0940 e. The largest absolute Gasteiger partial charge is 0.374 e. The predicted molar refractivity (Wildman–Crippen MR) is 85.4 cm³/mol. The maximum atomic E-state index is 6.01. The van der Waals surface area contributed by atoms with Crippen LogP contribution in [0.2, 0.25) is 0 Å². The highest BCUT2D eigenvalue weighted by Gasteiger charge is 2.28. The molecular weight excluding hydrogens is 262 g/mol. The third kappa shape index (κ3) is 3.62. The van der Waals surface area contributed by atoms with Crippen molar-refractivity contribution < 1.29 is 9.47 Å². The van der Waals surface area contributed by atoms with Gasteiger partial charge in [0.1, 0.15) is 0 Å². The molecule has 1 aliphatic rings. The molecular formula is C18H23NO2. The molecule has 1 N–H and O–H groups in total. The molecule has 0 bridgehead atoms. The molecule has 0 spiro atoms. The normalized spacial score (nSPS) is 21.5. The SMILES string of the molecule is CC1(C)CNCC(COCc2cccc3ccccc23)O1. The summed E-state index contributed by atoms with van der Waals surface area (Å²) in [5, 5.41) is 5.92. The lowest BCUT2D eigenvalue weighted by Crippen LogP contribution is -2.51. The molecule has 3 heteroatoms. The number of fused-ring (bicyclic) bond motifs is 1. The van der Waals surface area contributed by atoms with Crippen LogP contribution in [0.15, 0.2) is 42.5 Å². The smallest absolute Gasteiger partial charge is 0.0940 e. The van der Waals surface area contributed by atoms with Crippen molar-refractivity contribution in [2.45, 2.75) is 32.2 Å². The lowest BCUT2D eigenvalue weighted by molar-refractivity contribution is -0.122. The molecule has 3 nitrogen and oxygen atoms in total. The van der Waals surface area contributed by atoms with Gasteiger partial charge in [-0.1, -0.05) is 42.5 Å². The third-order valence-electron chi connectivity index (χ3n) is 3.85. The Morgan fingerprint density at radius 3 is 2.86 bits per heavy atom. The van der Waals surface area contributed by atoms with Crippen LogP contribution in [-0.4, -0.2) is 31.4 Å². The van der Waals surface area contributed by atoms with Gasteiger partial charge in [0.05, 0.1) is 24.9 Å². The number of benzene rings is 2. The van der Waals surface area contributed by atoms with E-state index in [4.69, 9.17) is 9.47 Å². The van der Waals surface area contributed by atoms with Crippen molar-refractivity contribution in [3.63, 3.8) is 0 Å². The number of hydrogen-bond acceptors (Lipinski definition) is 3. The van der Waals surface area contributed by atoms with Crippen molar-refractivity contribution in [3.8, 4) is 0 Å². The predicted octanol–water partition coefficient (Wildman–Crippen LogP) is 3.12. The molecule has 1 saturated heterocycles. The van der Waals surface area contributed by atoms with Crippen LogP contribution in [0.4, 0.5) is 0 Å². The van der Waals surface area contributed by atoms with Crippen molar-refractivity contribution in [2.75, 3.05) is 19.7 Å². The van der Waals surface area contributed by atoms with Gasteiger partial charge in [0.15, 0.2) is 0 Å². The first-order chi connectivity index (χ1) is 10.1. The van der Waals surface area contributed by atoms with Gasteiger partial charge < -0.3 is 14.8 Å². The van der Waals surface area contributed by atoms with Crippen LogP contribution in [0.1, 0.15) is 19.4 Å². The van der Waals surface area contributed by atoms with Crippen molar-refractivity contribution >= 4 is 10.8 Å². The Morgan fingerprint density at radius 2 is 2.00 bits per heavy atom. The molecule has 0 saturated carbocycles. The van der Waals surface area contributed by atoms with Crippen LogP contribution in [0, 0.1) is 0 Å².